The van der Waals surface area contributed by atoms with Crippen LogP contribution >= 0.6 is 0 Å². The summed E-state index contributed by atoms with van der Waals surface area (Å²) < 4.78 is 18.6. The van der Waals surface area contributed by atoms with Crippen LogP contribution in [0, 0.1) is 5.82 Å². The van der Waals surface area contributed by atoms with Gasteiger partial charge in [-0.3, -0.25) is 4.98 Å². The Morgan fingerprint density at radius 2 is 2.22 bits per heavy atom. The molecule has 0 aliphatic carbocycles. The molecule has 0 unspecified atom stereocenters. The summed E-state index contributed by atoms with van der Waals surface area (Å²) in [6.07, 6.45) is 3.22. The molecule has 2 rings (SSSR count). The molecule has 1 N–H and O–H groups in total. The lowest BCUT2D eigenvalue weighted by Gasteiger charge is -2.07. The largest absolute Gasteiger partial charge is 0.486 e. The zero-order valence-corrected chi connectivity index (χ0v) is 9.34. The maximum Gasteiger partial charge on any atom is 0.335 e. The van der Waals surface area contributed by atoms with Crippen LogP contribution in [0.25, 0.3) is 0 Å². The van der Waals surface area contributed by atoms with E-state index in [2.05, 4.69) is 4.98 Å². The molecule has 0 saturated heterocycles. The first kappa shape index (κ1) is 12.0. The third-order valence-electron chi connectivity index (χ3n) is 2.30. The third-order valence-corrected chi connectivity index (χ3v) is 2.30. The Morgan fingerprint density at radius 3 is 2.89 bits per heavy atom. The highest BCUT2D eigenvalue weighted by atomic mass is 19.1. The Labute approximate surface area is 103 Å². The van der Waals surface area contributed by atoms with E-state index >= 15 is 0 Å². The molecule has 92 valence electrons. The number of aromatic carboxylic acids is 1. The van der Waals surface area contributed by atoms with Crippen molar-refractivity contribution in [2.24, 2.45) is 0 Å². The quantitative estimate of drug-likeness (QED) is 0.901. The number of nitrogens with zero attached hydrogens (tertiary/aromatic N) is 1. The summed E-state index contributed by atoms with van der Waals surface area (Å²) in [5, 5.41) is 8.80. The molecule has 18 heavy (non-hydrogen) atoms. The van der Waals surface area contributed by atoms with E-state index in [0.29, 0.717) is 0 Å². The van der Waals surface area contributed by atoms with Gasteiger partial charge in [0.2, 0.25) is 0 Å². The summed E-state index contributed by atoms with van der Waals surface area (Å²) in [4.78, 5) is 14.6. The van der Waals surface area contributed by atoms with E-state index < -0.39 is 11.8 Å². The first-order chi connectivity index (χ1) is 8.66. The predicted octanol–water partition coefficient (Wildman–Crippen LogP) is 2.50. The smallest absolute Gasteiger partial charge is 0.335 e. The molecule has 0 aliphatic rings. The van der Waals surface area contributed by atoms with Gasteiger partial charge in [-0.05, 0) is 24.3 Å². The summed E-state index contributed by atoms with van der Waals surface area (Å²) in [6.45, 7) is 0.133. The second kappa shape index (κ2) is 5.27. The van der Waals surface area contributed by atoms with Gasteiger partial charge in [0.25, 0.3) is 0 Å². The normalized spacial score (nSPS) is 10.1. The lowest BCUT2D eigenvalue weighted by molar-refractivity contribution is 0.0696. The highest BCUT2D eigenvalue weighted by Gasteiger charge is 2.09. The Balaban J connectivity index is 2.14. The van der Waals surface area contributed by atoms with Crippen molar-refractivity contribution >= 4 is 5.97 Å². The summed E-state index contributed by atoms with van der Waals surface area (Å²) >= 11 is 0. The van der Waals surface area contributed by atoms with Gasteiger partial charge in [0, 0.05) is 18.0 Å². The number of aromatic nitrogens is 1. The molecule has 0 aliphatic heterocycles. The van der Waals surface area contributed by atoms with Crippen molar-refractivity contribution in [1.29, 1.82) is 0 Å². The molecule has 0 bridgehead atoms. The van der Waals surface area contributed by atoms with Crippen molar-refractivity contribution in [2.75, 3.05) is 0 Å². The van der Waals surface area contributed by atoms with Gasteiger partial charge in [-0.15, -0.1) is 0 Å². The number of halogens is 1. The standard InChI is InChI=1S/C13H10FNO3/c14-11-4-3-10(13(16)17)6-12(11)18-8-9-2-1-5-15-7-9/h1-7H,8H2,(H,16,17). The Bertz CT molecular complexity index is 557. The Morgan fingerprint density at radius 1 is 1.39 bits per heavy atom. The average molecular weight is 247 g/mol. The van der Waals surface area contributed by atoms with E-state index in [9.17, 15) is 9.18 Å². The number of rotatable bonds is 4. The topological polar surface area (TPSA) is 59.4 Å². The van der Waals surface area contributed by atoms with E-state index in [1.54, 1.807) is 24.5 Å². The molecule has 1 aromatic carbocycles. The van der Waals surface area contributed by atoms with Crippen LogP contribution in [0.4, 0.5) is 4.39 Å². The van der Waals surface area contributed by atoms with Crippen LogP contribution in [0.15, 0.2) is 42.7 Å². The first-order valence-electron chi connectivity index (χ1n) is 5.21. The zero-order valence-electron chi connectivity index (χ0n) is 9.34. The minimum Gasteiger partial charge on any atom is -0.486 e. The maximum atomic E-state index is 13.4. The van der Waals surface area contributed by atoms with E-state index in [4.69, 9.17) is 9.84 Å². The van der Waals surface area contributed by atoms with Crippen molar-refractivity contribution in [3.8, 4) is 5.75 Å². The van der Waals surface area contributed by atoms with Crippen LogP contribution in [-0.4, -0.2) is 16.1 Å². The van der Waals surface area contributed by atoms with Crippen LogP contribution in [-0.2, 0) is 6.61 Å². The summed E-state index contributed by atoms with van der Waals surface area (Å²) in [6, 6.07) is 6.94. The lowest BCUT2D eigenvalue weighted by Crippen LogP contribution is -2.01. The van der Waals surface area contributed by atoms with Crippen LogP contribution in [0.5, 0.6) is 5.75 Å². The predicted molar refractivity (Wildman–Crippen MR) is 61.9 cm³/mol. The van der Waals surface area contributed by atoms with Crippen molar-refractivity contribution in [2.45, 2.75) is 6.61 Å². The molecule has 0 atom stereocenters. The molecule has 0 saturated carbocycles. The number of hydrogen-bond acceptors (Lipinski definition) is 3. The van der Waals surface area contributed by atoms with Crippen LogP contribution in [0.1, 0.15) is 15.9 Å². The molecule has 5 heteroatoms. The van der Waals surface area contributed by atoms with Crippen molar-refractivity contribution in [3.63, 3.8) is 0 Å². The fourth-order valence-corrected chi connectivity index (χ4v) is 1.39. The highest BCUT2D eigenvalue weighted by molar-refractivity contribution is 5.88. The van der Waals surface area contributed by atoms with Gasteiger partial charge in [-0.2, -0.15) is 0 Å². The molecule has 4 nitrogen and oxygen atoms in total. The first-order valence-corrected chi connectivity index (χ1v) is 5.21. The number of carboxylic acid groups (broad SMARTS) is 1. The highest BCUT2D eigenvalue weighted by Crippen LogP contribution is 2.20. The minimum absolute atomic E-state index is 0.0161. The van der Waals surface area contributed by atoms with Gasteiger partial charge in [0.05, 0.1) is 5.56 Å². The van der Waals surface area contributed by atoms with E-state index in [1.807, 2.05) is 0 Å². The molecule has 0 amide bonds. The number of hydrogen-bond donors (Lipinski definition) is 1. The fraction of sp³-hybridized carbons (Fsp3) is 0.0769. The molecule has 0 radical (unpaired) electrons. The van der Waals surface area contributed by atoms with Crippen molar-refractivity contribution in [1.82, 2.24) is 4.98 Å². The van der Waals surface area contributed by atoms with Gasteiger partial charge in [0.1, 0.15) is 6.61 Å². The van der Waals surface area contributed by atoms with Gasteiger partial charge < -0.3 is 9.84 Å². The summed E-state index contributed by atoms with van der Waals surface area (Å²) in [7, 11) is 0. The molecular formula is C13H10FNO3. The Hall–Kier alpha value is -2.43. The van der Waals surface area contributed by atoms with Gasteiger partial charge in [-0.1, -0.05) is 6.07 Å². The maximum absolute atomic E-state index is 13.4. The van der Waals surface area contributed by atoms with Crippen LogP contribution < -0.4 is 4.74 Å². The molecule has 0 fully saturated rings. The number of carbonyl (C=O) groups is 1. The number of pyridine rings is 1. The number of benzene rings is 1. The number of carboxylic acids is 1. The van der Waals surface area contributed by atoms with Gasteiger partial charge in [-0.25, -0.2) is 9.18 Å². The van der Waals surface area contributed by atoms with Gasteiger partial charge >= 0.3 is 5.97 Å². The fourth-order valence-electron chi connectivity index (χ4n) is 1.39. The van der Waals surface area contributed by atoms with Gasteiger partial charge in [0.15, 0.2) is 11.6 Å². The Kier molecular flexibility index (Phi) is 3.52. The van der Waals surface area contributed by atoms with Crippen molar-refractivity contribution in [3.05, 3.63) is 59.7 Å². The zero-order chi connectivity index (χ0) is 13.0. The molecule has 2 aromatic rings. The average Bonchev–Trinajstić information content (AvgIpc) is 2.38. The van der Waals surface area contributed by atoms with Crippen LogP contribution in [0.2, 0.25) is 0 Å². The summed E-state index contributed by atoms with van der Waals surface area (Å²) in [5.74, 6) is -1.80. The molecular weight excluding hydrogens is 237 g/mol. The van der Waals surface area contributed by atoms with E-state index in [1.165, 1.54) is 6.07 Å². The minimum atomic E-state index is -1.12. The molecule has 1 aromatic heterocycles. The SMILES string of the molecule is O=C(O)c1ccc(F)c(OCc2cccnc2)c1. The number of ether oxygens (including phenoxy) is 1. The van der Waals surface area contributed by atoms with Crippen LogP contribution in [0.3, 0.4) is 0 Å². The molecule has 0 spiro atoms. The molecule has 1 heterocycles. The van der Waals surface area contributed by atoms with E-state index in [-0.39, 0.29) is 17.9 Å². The monoisotopic (exact) mass is 247 g/mol. The van der Waals surface area contributed by atoms with Crippen molar-refractivity contribution < 1.29 is 19.0 Å². The summed E-state index contributed by atoms with van der Waals surface area (Å²) in [5.41, 5.74) is 0.759. The lowest BCUT2D eigenvalue weighted by atomic mass is 10.2. The van der Waals surface area contributed by atoms with E-state index in [0.717, 1.165) is 17.7 Å². The second-order valence-corrected chi connectivity index (χ2v) is 3.60. The second-order valence-electron chi connectivity index (χ2n) is 3.60. The third kappa shape index (κ3) is 2.82.